The average Bonchev–Trinajstić information content (AvgIpc) is 2.59. The number of rotatable bonds is 1. The molecule has 0 radical (unpaired) electrons. The second-order valence-corrected chi connectivity index (χ2v) is 4.86. The van der Waals surface area contributed by atoms with Gasteiger partial charge in [-0.05, 0) is 40.0 Å². The van der Waals surface area contributed by atoms with Gasteiger partial charge in [0, 0.05) is 11.3 Å². The van der Waals surface area contributed by atoms with Crippen molar-refractivity contribution < 1.29 is 4.79 Å². The second-order valence-electron chi connectivity index (χ2n) is 4.86. The normalized spacial score (nSPS) is 15.6. The topological polar surface area (TPSA) is 34.9 Å². The molecule has 1 aromatic rings. The van der Waals surface area contributed by atoms with E-state index in [-0.39, 0.29) is 5.54 Å². The first-order valence-corrected chi connectivity index (χ1v) is 5.10. The third-order valence-electron chi connectivity index (χ3n) is 2.71. The minimum Gasteiger partial charge on any atom is -0.296 e. The maximum Gasteiger partial charge on any atom is 0.170 e. The van der Waals surface area contributed by atoms with Gasteiger partial charge in [-0.25, -0.2) is 0 Å². The Hall–Kier alpha value is -1.12. The van der Waals surface area contributed by atoms with Gasteiger partial charge in [0.05, 0.1) is 5.54 Å². The number of nitrogens with zero attached hydrogens (tertiary/aromatic N) is 2. The van der Waals surface area contributed by atoms with E-state index in [2.05, 4.69) is 25.9 Å². The van der Waals surface area contributed by atoms with Crippen LogP contribution in [0.2, 0.25) is 0 Å². The summed E-state index contributed by atoms with van der Waals surface area (Å²) >= 11 is 0. The van der Waals surface area contributed by atoms with Crippen LogP contribution in [0.1, 0.15) is 48.9 Å². The molecule has 1 aliphatic carbocycles. The van der Waals surface area contributed by atoms with Crippen molar-refractivity contribution >= 4 is 6.29 Å². The predicted octanol–water partition coefficient (Wildman–Crippen LogP) is 1.94. The van der Waals surface area contributed by atoms with E-state index in [0.717, 1.165) is 25.5 Å². The van der Waals surface area contributed by atoms with Crippen LogP contribution in [-0.2, 0) is 18.4 Å². The van der Waals surface area contributed by atoms with Crippen molar-refractivity contribution in [2.24, 2.45) is 0 Å². The predicted molar refractivity (Wildman–Crippen MR) is 54.6 cm³/mol. The SMILES string of the molecule is CC(C)(C)n1nc(C=O)c2c1CCC2. The van der Waals surface area contributed by atoms with E-state index < -0.39 is 0 Å². The van der Waals surface area contributed by atoms with Crippen molar-refractivity contribution in [3.8, 4) is 0 Å². The smallest absolute Gasteiger partial charge is 0.170 e. The molecule has 0 unspecified atom stereocenters. The van der Waals surface area contributed by atoms with Gasteiger partial charge in [0.1, 0.15) is 5.69 Å². The molecular weight excluding hydrogens is 176 g/mol. The minimum atomic E-state index is -0.0182. The fourth-order valence-electron chi connectivity index (χ4n) is 2.12. The van der Waals surface area contributed by atoms with E-state index in [1.165, 1.54) is 11.3 Å². The van der Waals surface area contributed by atoms with E-state index in [1.807, 2.05) is 4.68 Å². The number of fused-ring (bicyclic) bond motifs is 1. The Bertz CT molecular complexity index is 371. The number of aldehydes is 1. The molecule has 3 nitrogen and oxygen atoms in total. The zero-order valence-electron chi connectivity index (χ0n) is 9.00. The van der Waals surface area contributed by atoms with Crippen LogP contribution in [0.25, 0.3) is 0 Å². The van der Waals surface area contributed by atoms with Gasteiger partial charge >= 0.3 is 0 Å². The highest BCUT2D eigenvalue weighted by Gasteiger charge is 2.27. The Morgan fingerprint density at radius 1 is 1.36 bits per heavy atom. The van der Waals surface area contributed by atoms with E-state index >= 15 is 0 Å². The van der Waals surface area contributed by atoms with Crippen molar-refractivity contribution in [1.29, 1.82) is 0 Å². The van der Waals surface area contributed by atoms with Gasteiger partial charge in [0.2, 0.25) is 0 Å². The van der Waals surface area contributed by atoms with Gasteiger partial charge in [-0.1, -0.05) is 0 Å². The molecule has 0 N–H and O–H groups in total. The standard InChI is InChI=1S/C11H16N2O/c1-11(2,3)13-10-6-4-5-8(10)9(7-14)12-13/h7H,4-6H2,1-3H3. The largest absolute Gasteiger partial charge is 0.296 e. The highest BCUT2D eigenvalue weighted by Crippen LogP contribution is 2.28. The van der Waals surface area contributed by atoms with Crippen LogP contribution in [0, 0.1) is 0 Å². The monoisotopic (exact) mass is 192 g/mol. The number of carbonyl (C=O) groups excluding carboxylic acids is 1. The Balaban J connectivity index is 2.58. The third-order valence-corrected chi connectivity index (χ3v) is 2.71. The molecule has 3 heteroatoms. The van der Waals surface area contributed by atoms with E-state index in [0.29, 0.717) is 5.69 Å². The van der Waals surface area contributed by atoms with Gasteiger partial charge in [0.15, 0.2) is 6.29 Å². The average molecular weight is 192 g/mol. The summed E-state index contributed by atoms with van der Waals surface area (Å²) in [5, 5.41) is 4.37. The molecule has 2 rings (SSSR count). The summed E-state index contributed by atoms with van der Waals surface area (Å²) in [5.41, 5.74) is 3.07. The molecular formula is C11H16N2O. The van der Waals surface area contributed by atoms with Gasteiger partial charge < -0.3 is 0 Å². The fraction of sp³-hybridized carbons (Fsp3) is 0.636. The molecule has 0 saturated heterocycles. The van der Waals surface area contributed by atoms with Gasteiger partial charge in [-0.2, -0.15) is 5.10 Å². The minimum absolute atomic E-state index is 0.0182. The fourth-order valence-corrected chi connectivity index (χ4v) is 2.12. The maximum atomic E-state index is 10.8. The molecule has 0 spiro atoms. The van der Waals surface area contributed by atoms with Crippen molar-refractivity contribution in [3.05, 3.63) is 17.0 Å². The van der Waals surface area contributed by atoms with Crippen molar-refractivity contribution in [2.45, 2.75) is 45.6 Å². The van der Waals surface area contributed by atoms with Crippen LogP contribution in [0.3, 0.4) is 0 Å². The highest BCUT2D eigenvalue weighted by molar-refractivity contribution is 5.75. The van der Waals surface area contributed by atoms with Gasteiger partial charge in [-0.3, -0.25) is 9.48 Å². The molecule has 1 heterocycles. The Labute approximate surface area is 84.1 Å². The van der Waals surface area contributed by atoms with Crippen LogP contribution in [-0.4, -0.2) is 16.1 Å². The lowest BCUT2D eigenvalue weighted by Crippen LogP contribution is -2.25. The molecule has 1 aliphatic rings. The first-order valence-electron chi connectivity index (χ1n) is 5.10. The zero-order valence-corrected chi connectivity index (χ0v) is 9.00. The molecule has 0 saturated carbocycles. The van der Waals surface area contributed by atoms with Crippen LogP contribution < -0.4 is 0 Å². The van der Waals surface area contributed by atoms with Crippen LogP contribution in [0.5, 0.6) is 0 Å². The first-order chi connectivity index (χ1) is 6.54. The summed E-state index contributed by atoms with van der Waals surface area (Å²) in [6, 6.07) is 0. The summed E-state index contributed by atoms with van der Waals surface area (Å²) in [7, 11) is 0. The molecule has 0 aliphatic heterocycles. The number of hydrogen-bond donors (Lipinski definition) is 0. The lowest BCUT2D eigenvalue weighted by atomic mass is 10.1. The quantitative estimate of drug-likeness (QED) is 0.637. The molecule has 0 amide bonds. The summed E-state index contributed by atoms with van der Waals surface area (Å²) in [5.74, 6) is 0. The van der Waals surface area contributed by atoms with E-state index in [9.17, 15) is 4.79 Å². The number of carbonyl (C=O) groups is 1. The third kappa shape index (κ3) is 1.27. The molecule has 0 aromatic carbocycles. The van der Waals surface area contributed by atoms with Crippen molar-refractivity contribution in [3.63, 3.8) is 0 Å². The number of aromatic nitrogens is 2. The Morgan fingerprint density at radius 2 is 2.07 bits per heavy atom. The van der Waals surface area contributed by atoms with E-state index in [4.69, 9.17) is 0 Å². The van der Waals surface area contributed by atoms with Crippen LogP contribution >= 0.6 is 0 Å². The second kappa shape index (κ2) is 2.94. The lowest BCUT2D eigenvalue weighted by Gasteiger charge is -2.21. The first kappa shape index (κ1) is 9.44. The molecule has 76 valence electrons. The van der Waals surface area contributed by atoms with Crippen LogP contribution in [0.4, 0.5) is 0 Å². The molecule has 14 heavy (non-hydrogen) atoms. The van der Waals surface area contributed by atoms with Crippen LogP contribution in [0.15, 0.2) is 0 Å². The zero-order chi connectivity index (χ0) is 10.3. The summed E-state index contributed by atoms with van der Waals surface area (Å²) in [4.78, 5) is 10.8. The van der Waals surface area contributed by atoms with Gasteiger partial charge in [0.25, 0.3) is 0 Å². The van der Waals surface area contributed by atoms with E-state index in [1.54, 1.807) is 0 Å². The van der Waals surface area contributed by atoms with Gasteiger partial charge in [-0.15, -0.1) is 0 Å². The lowest BCUT2D eigenvalue weighted by molar-refractivity contribution is 0.111. The Kier molecular flexibility index (Phi) is 1.98. The summed E-state index contributed by atoms with van der Waals surface area (Å²) < 4.78 is 2.01. The van der Waals surface area contributed by atoms with Crippen molar-refractivity contribution in [1.82, 2.24) is 9.78 Å². The summed E-state index contributed by atoms with van der Waals surface area (Å²) in [6.07, 6.45) is 4.11. The number of hydrogen-bond acceptors (Lipinski definition) is 2. The highest BCUT2D eigenvalue weighted by atomic mass is 16.1. The molecule has 0 bridgehead atoms. The molecule has 0 fully saturated rings. The maximum absolute atomic E-state index is 10.8. The van der Waals surface area contributed by atoms with Crippen molar-refractivity contribution in [2.75, 3.05) is 0 Å². The molecule has 0 atom stereocenters. The Morgan fingerprint density at radius 3 is 2.64 bits per heavy atom. The molecule has 1 aromatic heterocycles. The summed E-state index contributed by atoms with van der Waals surface area (Å²) in [6.45, 7) is 6.35.